The van der Waals surface area contributed by atoms with Gasteiger partial charge < -0.3 is 14.4 Å². The predicted molar refractivity (Wildman–Crippen MR) is 115 cm³/mol. The minimum atomic E-state index is -0.382. The summed E-state index contributed by atoms with van der Waals surface area (Å²) in [6, 6.07) is 14.5. The minimum Gasteiger partial charge on any atom is -0.495 e. The Morgan fingerprint density at radius 2 is 1.74 bits per heavy atom. The summed E-state index contributed by atoms with van der Waals surface area (Å²) in [5, 5.41) is 12.2. The van der Waals surface area contributed by atoms with E-state index < -0.39 is 0 Å². The summed E-state index contributed by atoms with van der Waals surface area (Å²) in [6.07, 6.45) is 0. The van der Waals surface area contributed by atoms with Gasteiger partial charge in [-0.05, 0) is 28.6 Å². The van der Waals surface area contributed by atoms with Crippen LogP contribution in [0.2, 0.25) is 0 Å². The molecular formula is C22H27FN6O2. The standard InChI is InChI=1S/C22H27FN6O2/c1-30-16-15-29-22(24-25-26-29)21(17-7-3-4-8-18(17)23)28-13-11-27(12-14-28)19-9-5-6-10-20(19)31-2/h3-10,21H,11-16H2,1-2H3/t21-/m1/s1. The number of rotatable bonds is 8. The Bertz CT molecular complexity index is 989. The molecule has 0 unspecified atom stereocenters. The molecular weight excluding hydrogens is 399 g/mol. The van der Waals surface area contributed by atoms with Crippen LogP contribution in [0.15, 0.2) is 48.5 Å². The molecule has 0 amide bonds. The Labute approximate surface area is 181 Å². The van der Waals surface area contributed by atoms with Gasteiger partial charge in [-0.1, -0.05) is 30.3 Å². The lowest BCUT2D eigenvalue weighted by Crippen LogP contribution is -2.48. The fourth-order valence-electron chi connectivity index (χ4n) is 4.05. The van der Waals surface area contributed by atoms with Crippen LogP contribution in [-0.4, -0.2) is 72.1 Å². The van der Waals surface area contributed by atoms with Gasteiger partial charge in [-0.2, -0.15) is 0 Å². The summed E-state index contributed by atoms with van der Waals surface area (Å²) in [5.74, 6) is 1.21. The molecule has 1 atom stereocenters. The maximum absolute atomic E-state index is 14.9. The van der Waals surface area contributed by atoms with Gasteiger partial charge in [0.25, 0.3) is 0 Å². The van der Waals surface area contributed by atoms with Gasteiger partial charge in [0, 0.05) is 38.9 Å². The van der Waals surface area contributed by atoms with Crippen molar-refractivity contribution in [2.75, 3.05) is 51.9 Å². The SMILES string of the molecule is COCCn1nnnc1[C@@H](c1ccccc1F)N1CCN(c2ccccc2OC)CC1. The molecule has 1 aromatic heterocycles. The number of methoxy groups -OCH3 is 2. The van der Waals surface area contributed by atoms with E-state index >= 15 is 0 Å². The molecule has 3 aromatic rings. The summed E-state index contributed by atoms with van der Waals surface area (Å²) in [4.78, 5) is 4.53. The average Bonchev–Trinajstić information content (AvgIpc) is 3.27. The molecule has 9 heteroatoms. The van der Waals surface area contributed by atoms with E-state index in [1.54, 1.807) is 25.0 Å². The number of anilines is 1. The topological polar surface area (TPSA) is 68.5 Å². The number of hydrogen-bond donors (Lipinski definition) is 0. The molecule has 1 aliphatic rings. The summed E-state index contributed by atoms with van der Waals surface area (Å²) in [5.41, 5.74) is 1.64. The quantitative estimate of drug-likeness (QED) is 0.548. The number of para-hydroxylation sites is 2. The van der Waals surface area contributed by atoms with E-state index in [-0.39, 0.29) is 11.9 Å². The number of ether oxygens (including phenoxy) is 2. The first kappa shape index (κ1) is 21.2. The molecule has 2 aromatic carbocycles. The van der Waals surface area contributed by atoms with Gasteiger partial charge in [0.2, 0.25) is 0 Å². The lowest BCUT2D eigenvalue weighted by molar-refractivity contribution is 0.170. The molecule has 0 spiro atoms. The molecule has 0 aliphatic carbocycles. The highest BCUT2D eigenvalue weighted by atomic mass is 19.1. The number of hydrogen-bond acceptors (Lipinski definition) is 7. The maximum atomic E-state index is 14.9. The molecule has 0 bridgehead atoms. The third-order valence-electron chi connectivity index (χ3n) is 5.62. The second-order valence-electron chi connectivity index (χ2n) is 7.37. The van der Waals surface area contributed by atoms with Crippen molar-refractivity contribution in [1.29, 1.82) is 0 Å². The molecule has 4 rings (SSSR count). The molecule has 0 saturated carbocycles. The summed E-state index contributed by atoms with van der Waals surface area (Å²) in [7, 11) is 3.32. The van der Waals surface area contributed by atoms with Gasteiger partial charge in [-0.15, -0.1) is 5.10 Å². The van der Waals surface area contributed by atoms with Gasteiger partial charge in [-0.3, -0.25) is 4.90 Å². The largest absolute Gasteiger partial charge is 0.495 e. The highest BCUT2D eigenvalue weighted by molar-refractivity contribution is 5.58. The Kier molecular flexibility index (Phi) is 6.73. The van der Waals surface area contributed by atoms with E-state index in [0.717, 1.165) is 37.6 Å². The van der Waals surface area contributed by atoms with Gasteiger partial charge in [0.1, 0.15) is 17.6 Å². The van der Waals surface area contributed by atoms with Crippen molar-refractivity contribution in [2.45, 2.75) is 12.6 Å². The number of tetrazole rings is 1. The van der Waals surface area contributed by atoms with E-state index in [1.165, 1.54) is 6.07 Å². The van der Waals surface area contributed by atoms with Crippen molar-refractivity contribution in [3.8, 4) is 5.75 Å². The molecule has 0 N–H and O–H groups in total. The van der Waals surface area contributed by atoms with Gasteiger partial charge in [0.05, 0.1) is 25.9 Å². The first-order valence-electron chi connectivity index (χ1n) is 10.3. The van der Waals surface area contributed by atoms with Gasteiger partial charge >= 0.3 is 0 Å². The molecule has 0 radical (unpaired) electrons. The zero-order valence-corrected chi connectivity index (χ0v) is 17.8. The normalized spacial score (nSPS) is 15.8. The number of benzene rings is 2. The second-order valence-corrected chi connectivity index (χ2v) is 7.37. The molecule has 1 aliphatic heterocycles. The van der Waals surface area contributed by atoms with Crippen LogP contribution in [0.25, 0.3) is 0 Å². The minimum absolute atomic E-state index is 0.263. The van der Waals surface area contributed by atoms with Crippen LogP contribution >= 0.6 is 0 Å². The first-order chi connectivity index (χ1) is 15.2. The predicted octanol–water partition coefficient (Wildman–Crippen LogP) is 2.38. The Morgan fingerprint density at radius 3 is 2.48 bits per heavy atom. The monoisotopic (exact) mass is 426 g/mol. The Morgan fingerprint density at radius 1 is 1.00 bits per heavy atom. The van der Waals surface area contributed by atoms with E-state index in [1.807, 2.05) is 30.3 Å². The lowest BCUT2D eigenvalue weighted by atomic mass is 10.0. The molecule has 164 valence electrons. The third kappa shape index (κ3) is 4.52. The fourth-order valence-corrected chi connectivity index (χ4v) is 4.05. The smallest absolute Gasteiger partial charge is 0.173 e. The third-order valence-corrected chi connectivity index (χ3v) is 5.62. The summed E-state index contributed by atoms with van der Waals surface area (Å²) < 4.78 is 27.3. The molecule has 31 heavy (non-hydrogen) atoms. The van der Waals surface area contributed by atoms with Crippen molar-refractivity contribution in [3.63, 3.8) is 0 Å². The van der Waals surface area contributed by atoms with Crippen molar-refractivity contribution in [2.24, 2.45) is 0 Å². The van der Waals surface area contributed by atoms with Gasteiger partial charge in [0.15, 0.2) is 5.82 Å². The molecule has 8 nitrogen and oxygen atoms in total. The Hall–Kier alpha value is -3.04. The molecule has 1 saturated heterocycles. The summed E-state index contributed by atoms with van der Waals surface area (Å²) in [6.45, 7) is 4.01. The van der Waals surface area contributed by atoms with Crippen LogP contribution in [0.5, 0.6) is 5.75 Å². The van der Waals surface area contributed by atoms with Crippen molar-refractivity contribution >= 4 is 5.69 Å². The van der Waals surface area contributed by atoms with E-state index in [0.29, 0.717) is 24.5 Å². The first-order valence-corrected chi connectivity index (χ1v) is 10.3. The van der Waals surface area contributed by atoms with Crippen molar-refractivity contribution < 1.29 is 13.9 Å². The highest BCUT2D eigenvalue weighted by Crippen LogP contribution is 2.33. The number of piperazine rings is 1. The lowest BCUT2D eigenvalue weighted by Gasteiger charge is -2.40. The average molecular weight is 426 g/mol. The number of aromatic nitrogens is 4. The van der Waals surface area contributed by atoms with Crippen LogP contribution in [0.3, 0.4) is 0 Å². The maximum Gasteiger partial charge on any atom is 0.173 e. The van der Waals surface area contributed by atoms with E-state index in [2.05, 4.69) is 31.4 Å². The fraction of sp³-hybridized carbons (Fsp3) is 0.409. The number of halogens is 1. The van der Waals surface area contributed by atoms with Crippen molar-refractivity contribution in [3.05, 3.63) is 65.7 Å². The number of nitrogens with zero attached hydrogens (tertiary/aromatic N) is 6. The zero-order chi connectivity index (χ0) is 21.6. The Balaban J connectivity index is 1.60. The van der Waals surface area contributed by atoms with Crippen LogP contribution in [0.4, 0.5) is 10.1 Å². The van der Waals surface area contributed by atoms with Crippen LogP contribution in [-0.2, 0) is 11.3 Å². The van der Waals surface area contributed by atoms with Crippen molar-refractivity contribution in [1.82, 2.24) is 25.1 Å². The second kappa shape index (κ2) is 9.84. The van der Waals surface area contributed by atoms with Gasteiger partial charge in [-0.25, -0.2) is 9.07 Å². The zero-order valence-electron chi connectivity index (χ0n) is 17.8. The van der Waals surface area contributed by atoms with E-state index in [9.17, 15) is 4.39 Å². The molecule has 2 heterocycles. The van der Waals surface area contributed by atoms with Crippen LogP contribution in [0.1, 0.15) is 17.4 Å². The summed E-state index contributed by atoms with van der Waals surface area (Å²) >= 11 is 0. The highest BCUT2D eigenvalue weighted by Gasteiger charge is 2.32. The van der Waals surface area contributed by atoms with Crippen LogP contribution < -0.4 is 9.64 Å². The van der Waals surface area contributed by atoms with Crippen LogP contribution in [0, 0.1) is 5.82 Å². The molecule has 1 fully saturated rings. The van der Waals surface area contributed by atoms with E-state index in [4.69, 9.17) is 9.47 Å².